The molecule has 0 heterocycles. The van der Waals surface area contributed by atoms with Crippen LogP contribution in [-0.4, -0.2) is 32.0 Å². The second-order valence-electron chi connectivity index (χ2n) is 3.73. The van der Waals surface area contributed by atoms with Gasteiger partial charge in [-0.25, -0.2) is 8.42 Å². The third kappa shape index (κ3) is 6.47. The molecule has 0 aliphatic heterocycles. The van der Waals surface area contributed by atoms with Gasteiger partial charge in [0.25, 0.3) is 0 Å². The Morgan fingerprint density at radius 2 is 2.00 bits per heavy atom. The van der Waals surface area contributed by atoms with Crippen LogP contribution in [0.25, 0.3) is 0 Å². The Hall–Kier alpha value is -0.600. The smallest absolute Gasteiger partial charge is 0.151 e. The summed E-state index contributed by atoms with van der Waals surface area (Å²) in [4.78, 5) is 0. The molecule has 0 aromatic heterocycles. The summed E-state index contributed by atoms with van der Waals surface area (Å²) in [5, 5.41) is 11.7. The molecule has 1 N–H and O–H groups in total. The minimum Gasteiger partial charge on any atom is -0.309 e. The molecule has 0 saturated carbocycles. The van der Waals surface area contributed by atoms with Crippen LogP contribution in [-0.2, 0) is 9.84 Å². The van der Waals surface area contributed by atoms with Gasteiger partial charge in [0.05, 0.1) is 18.2 Å². The molecule has 0 saturated heterocycles. The van der Waals surface area contributed by atoms with Gasteiger partial charge < -0.3 is 5.32 Å². The molecular formula is C10H20N2O2S. The molecule has 15 heavy (non-hydrogen) atoms. The summed E-state index contributed by atoms with van der Waals surface area (Å²) in [5.41, 5.74) is 0. The summed E-state index contributed by atoms with van der Waals surface area (Å²) in [7, 11) is -2.93. The maximum Gasteiger partial charge on any atom is 0.151 e. The lowest BCUT2D eigenvalue weighted by Crippen LogP contribution is -2.40. The molecule has 0 aromatic carbocycles. The van der Waals surface area contributed by atoms with Gasteiger partial charge in [-0.15, -0.1) is 0 Å². The van der Waals surface area contributed by atoms with E-state index >= 15 is 0 Å². The highest BCUT2D eigenvalue weighted by Gasteiger charge is 2.16. The molecule has 2 unspecified atom stereocenters. The molecule has 0 bridgehead atoms. The normalized spacial score (nSPS) is 15.6. The predicted molar refractivity (Wildman–Crippen MR) is 61.2 cm³/mol. The lowest BCUT2D eigenvalue weighted by Gasteiger charge is -2.19. The second kappa shape index (κ2) is 6.81. The SMILES string of the molecule is CCC(CC#N)NC(C)CS(=O)(=O)CC. The van der Waals surface area contributed by atoms with Crippen molar-refractivity contribution >= 4 is 9.84 Å². The minimum absolute atomic E-state index is 0.0896. The van der Waals surface area contributed by atoms with Gasteiger partial charge in [0.15, 0.2) is 9.84 Å². The van der Waals surface area contributed by atoms with Crippen molar-refractivity contribution in [2.24, 2.45) is 0 Å². The van der Waals surface area contributed by atoms with Gasteiger partial charge in [0.1, 0.15) is 0 Å². The van der Waals surface area contributed by atoms with Gasteiger partial charge in [-0.05, 0) is 13.3 Å². The molecule has 5 heteroatoms. The minimum atomic E-state index is -2.93. The van der Waals surface area contributed by atoms with Crippen LogP contribution >= 0.6 is 0 Å². The molecule has 0 spiro atoms. The van der Waals surface area contributed by atoms with Crippen molar-refractivity contribution in [1.82, 2.24) is 5.32 Å². The molecule has 0 aromatic rings. The maximum atomic E-state index is 11.3. The van der Waals surface area contributed by atoms with Crippen molar-refractivity contribution in [3.63, 3.8) is 0 Å². The molecule has 0 radical (unpaired) electrons. The van der Waals surface area contributed by atoms with Gasteiger partial charge in [-0.2, -0.15) is 5.26 Å². The molecule has 88 valence electrons. The standard InChI is InChI=1S/C10H20N2O2S/c1-4-10(6-7-11)12-9(3)8-15(13,14)5-2/h9-10,12H,4-6,8H2,1-3H3. The van der Waals surface area contributed by atoms with Crippen molar-refractivity contribution in [2.45, 2.75) is 45.7 Å². The van der Waals surface area contributed by atoms with Gasteiger partial charge in [-0.3, -0.25) is 0 Å². The van der Waals surface area contributed by atoms with Gasteiger partial charge >= 0.3 is 0 Å². The molecule has 0 amide bonds. The third-order valence-electron chi connectivity index (χ3n) is 2.29. The Labute approximate surface area is 92.6 Å². The van der Waals surface area contributed by atoms with Crippen molar-refractivity contribution < 1.29 is 8.42 Å². The molecule has 0 fully saturated rings. The van der Waals surface area contributed by atoms with Crippen LogP contribution in [0.3, 0.4) is 0 Å². The third-order valence-corrected chi connectivity index (χ3v) is 4.18. The molecule has 2 atom stereocenters. The monoisotopic (exact) mass is 232 g/mol. The Morgan fingerprint density at radius 3 is 2.40 bits per heavy atom. The maximum absolute atomic E-state index is 11.3. The van der Waals surface area contributed by atoms with E-state index in [0.717, 1.165) is 6.42 Å². The molecular weight excluding hydrogens is 212 g/mol. The zero-order chi connectivity index (χ0) is 11.9. The van der Waals surface area contributed by atoms with E-state index in [9.17, 15) is 8.42 Å². The van der Waals surface area contributed by atoms with Crippen LogP contribution in [0.15, 0.2) is 0 Å². The summed E-state index contributed by atoms with van der Waals surface area (Å²) in [6.07, 6.45) is 1.26. The first-order valence-corrected chi connectivity index (χ1v) is 7.10. The van der Waals surface area contributed by atoms with E-state index in [1.165, 1.54) is 0 Å². The predicted octanol–water partition coefficient (Wildman–Crippen LogP) is 1.09. The fraction of sp³-hybridized carbons (Fsp3) is 0.900. The Bertz CT molecular complexity index is 306. The Kier molecular flexibility index (Phi) is 6.53. The summed E-state index contributed by atoms with van der Waals surface area (Å²) in [6.45, 7) is 5.47. The number of nitrogens with one attached hydrogen (secondary N) is 1. The first-order valence-electron chi connectivity index (χ1n) is 5.28. The first kappa shape index (κ1) is 14.4. The van der Waals surface area contributed by atoms with E-state index in [1.54, 1.807) is 6.92 Å². The molecule has 0 aliphatic carbocycles. The lowest BCUT2D eigenvalue weighted by atomic mass is 10.1. The Balaban J connectivity index is 4.13. The summed E-state index contributed by atoms with van der Waals surface area (Å²) >= 11 is 0. The van der Waals surface area contributed by atoms with Gasteiger partial charge in [-0.1, -0.05) is 13.8 Å². The van der Waals surface area contributed by atoms with E-state index in [1.807, 2.05) is 13.8 Å². The van der Waals surface area contributed by atoms with Crippen LogP contribution in [0.5, 0.6) is 0 Å². The summed E-state index contributed by atoms with van der Waals surface area (Å²) < 4.78 is 22.7. The van der Waals surface area contributed by atoms with E-state index in [0.29, 0.717) is 6.42 Å². The number of hydrogen-bond donors (Lipinski definition) is 1. The number of rotatable bonds is 7. The highest BCUT2D eigenvalue weighted by atomic mass is 32.2. The fourth-order valence-corrected chi connectivity index (χ4v) is 2.47. The Morgan fingerprint density at radius 1 is 1.40 bits per heavy atom. The quantitative estimate of drug-likeness (QED) is 0.713. The van der Waals surface area contributed by atoms with Crippen LogP contribution in [0, 0.1) is 11.3 Å². The van der Waals surface area contributed by atoms with Gasteiger partial charge in [0.2, 0.25) is 0 Å². The van der Waals surface area contributed by atoms with E-state index in [4.69, 9.17) is 5.26 Å². The van der Waals surface area contributed by atoms with Crippen LogP contribution < -0.4 is 5.32 Å². The number of sulfone groups is 1. The van der Waals surface area contributed by atoms with E-state index in [-0.39, 0.29) is 23.6 Å². The number of nitrogens with zero attached hydrogens (tertiary/aromatic N) is 1. The van der Waals surface area contributed by atoms with Crippen LogP contribution in [0.2, 0.25) is 0 Å². The largest absolute Gasteiger partial charge is 0.309 e. The lowest BCUT2D eigenvalue weighted by molar-refractivity contribution is 0.455. The average molecular weight is 232 g/mol. The topological polar surface area (TPSA) is 70.0 Å². The van der Waals surface area contributed by atoms with Crippen LogP contribution in [0.1, 0.15) is 33.6 Å². The summed E-state index contributed by atoms with van der Waals surface area (Å²) in [6, 6.07) is 2.09. The van der Waals surface area contributed by atoms with E-state index < -0.39 is 9.84 Å². The summed E-state index contributed by atoms with van der Waals surface area (Å²) in [5.74, 6) is 0.319. The highest BCUT2D eigenvalue weighted by Crippen LogP contribution is 2.01. The molecule has 0 aliphatic rings. The van der Waals surface area contributed by atoms with Crippen molar-refractivity contribution in [3.8, 4) is 6.07 Å². The van der Waals surface area contributed by atoms with E-state index in [2.05, 4.69) is 11.4 Å². The second-order valence-corrected chi connectivity index (χ2v) is 6.13. The van der Waals surface area contributed by atoms with Crippen molar-refractivity contribution in [1.29, 1.82) is 5.26 Å². The number of nitriles is 1. The van der Waals surface area contributed by atoms with Crippen molar-refractivity contribution in [3.05, 3.63) is 0 Å². The van der Waals surface area contributed by atoms with Crippen LogP contribution in [0.4, 0.5) is 0 Å². The first-order chi connectivity index (χ1) is 6.95. The molecule has 0 rings (SSSR count). The fourth-order valence-electron chi connectivity index (χ4n) is 1.38. The van der Waals surface area contributed by atoms with Crippen molar-refractivity contribution in [2.75, 3.05) is 11.5 Å². The average Bonchev–Trinajstić information content (AvgIpc) is 2.16. The zero-order valence-electron chi connectivity index (χ0n) is 9.66. The molecule has 4 nitrogen and oxygen atoms in total. The number of hydrogen-bond acceptors (Lipinski definition) is 4. The van der Waals surface area contributed by atoms with Gasteiger partial charge in [0, 0.05) is 17.8 Å². The zero-order valence-corrected chi connectivity index (χ0v) is 10.5. The highest BCUT2D eigenvalue weighted by molar-refractivity contribution is 7.91.